The molecule has 0 unspecified atom stereocenters. The van der Waals surface area contributed by atoms with Crippen LogP contribution in [-0.2, 0) is 0 Å². The topological polar surface area (TPSA) is 14.8 Å². The fourth-order valence-electron chi connectivity index (χ4n) is 9.49. The van der Waals surface area contributed by atoms with Gasteiger partial charge < -0.3 is 13.7 Å². The van der Waals surface area contributed by atoms with Crippen LogP contribution in [0, 0.1) is 0 Å². The molecule has 0 saturated heterocycles. The average Bonchev–Trinajstić information content (AvgIpc) is 3.92. The molecule has 57 heavy (non-hydrogen) atoms. The molecular formula is C54H35N3. The monoisotopic (exact) mass is 725 g/mol. The van der Waals surface area contributed by atoms with E-state index in [1.54, 1.807) is 0 Å². The number of fused-ring (bicyclic) bond motifs is 9. The fraction of sp³-hybridized carbons (Fsp3) is 0. The zero-order valence-electron chi connectivity index (χ0n) is 31.0. The maximum atomic E-state index is 2.52. The van der Waals surface area contributed by atoms with Crippen molar-refractivity contribution in [1.82, 2.24) is 13.7 Å². The summed E-state index contributed by atoms with van der Waals surface area (Å²) in [4.78, 5) is 0. The third kappa shape index (κ3) is 4.66. The molecule has 3 heteroatoms. The Morgan fingerprint density at radius 3 is 1.39 bits per heavy atom. The molecule has 3 aromatic heterocycles. The lowest BCUT2D eigenvalue weighted by atomic mass is 9.93. The molecular weight excluding hydrogens is 691 g/mol. The van der Waals surface area contributed by atoms with Gasteiger partial charge in [0.05, 0.1) is 38.8 Å². The molecule has 0 N–H and O–H groups in total. The van der Waals surface area contributed by atoms with Gasteiger partial charge in [-0.05, 0) is 71.8 Å². The number of benzene rings is 9. The van der Waals surface area contributed by atoms with Gasteiger partial charge >= 0.3 is 0 Å². The van der Waals surface area contributed by atoms with Gasteiger partial charge in [-0.3, -0.25) is 0 Å². The maximum Gasteiger partial charge on any atom is 0.0619 e. The van der Waals surface area contributed by atoms with Gasteiger partial charge in [-0.15, -0.1) is 0 Å². The Labute approximate surface area is 329 Å². The number of rotatable bonds is 5. The first-order chi connectivity index (χ1) is 28.3. The highest BCUT2D eigenvalue weighted by atomic mass is 15.0. The zero-order valence-corrected chi connectivity index (χ0v) is 31.0. The molecule has 3 nitrogen and oxygen atoms in total. The van der Waals surface area contributed by atoms with Crippen LogP contribution in [0.25, 0.3) is 105 Å². The number of hydrogen-bond donors (Lipinski definition) is 0. The lowest BCUT2D eigenvalue weighted by Crippen LogP contribution is -2.01. The molecule has 12 rings (SSSR count). The Morgan fingerprint density at radius 2 is 0.702 bits per heavy atom. The van der Waals surface area contributed by atoms with Crippen molar-refractivity contribution in [1.29, 1.82) is 0 Å². The molecule has 12 aromatic rings. The Morgan fingerprint density at radius 1 is 0.246 bits per heavy atom. The van der Waals surface area contributed by atoms with E-state index in [9.17, 15) is 0 Å². The van der Waals surface area contributed by atoms with Crippen molar-refractivity contribution in [3.05, 3.63) is 212 Å². The van der Waals surface area contributed by atoms with Crippen LogP contribution in [-0.4, -0.2) is 13.7 Å². The fourth-order valence-corrected chi connectivity index (χ4v) is 9.49. The van der Waals surface area contributed by atoms with Gasteiger partial charge in [0.25, 0.3) is 0 Å². The molecule has 0 atom stereocenters. The standard InChI is InChI=1S/C54H35N3/c1-3-17-36(18-4-1)39-25-15-27-44(43-26-16-32-52-53(43)45-24-10-14-31-50(45)55(52)37-19-5-2-6-20-37)54(39)57-49-30-13-9-23-42(49)46-35-38(33-34-51(46)57)56-47-28-11-7-21-40(47)41-22-8-12-29-48(41)56/h1-35H. The molecule has 9 aromatic carbocycles. The van der Waals surface area contributed by atoms with Crippen molar-refractivity contribution < 1.29 is 0 Å². The largest absolute Gasteiger partial charge is 0.309 e. The second kappa shape index (κ2) is 12.5. The molecule has 0 radical (unpaired) electrons. The Kier molecular flexibility index (Phi) is 6.93. The van der Waals surface area contributed by atoms with Gasteiger partial charge in [0.15, 0.2) is 0 Å². The molecule has 0 amide bonds. The van der Waals surface area contributed by atoms with Crippen molar-refractivity contribution in [2.45, 2.75) is 0 Å². The first-order valence-corrected chi connectivity index (χ1v) is 19.6. The van der Waals surface area contributed by atoms with Crippen LogP contribution in [0.15, 0.2) is 212 Å². The Balaban J connectivity index is 1.19. The number of nitrogens with zero attached hydrogens (tertiary/aromatic N) is 3. The predicted molar refractivity (Wildman–Crippen MR) is 240 cm³/mol. The Bertz CT molecular complexity index is 3460. The zero-order chi connectivity index (χ0) is 37.5. The minimum Gasteiger partial charge on any atom is -0.309 e. The van der Waals surface area contributed by atoms with Crippen LogP contribution in [0.3, 0.4) is 0 Å². The highest BCUT2D eigenvalue weighted by Crippen LogP contribution is 2.46. The molecule has 0 fully saturated rings. The SMILES string of the molecule is c1ccc(-c2cccc(-c3cccc4c3c3ccccc3n4-c3ccccc3)c2-n2c3ccccc3c3cc(-n4c5ccccc5c5ccccc54)ccc32)cc1. The van der Waals surface area contributed by atoms with Crippen LogP contribution in [0.2, 0.25) is 0 Å². The average molecular weight is 726 g/mol. The van der Waals surface area contributed by atoms with E-state index >= 15 is 0 Å². The van der Waals surface area contributed by atoms with Crippen LogP contribution >= 0.6 is 0 Å². The lowest BCUT2D eigenvalue weighted by Gasteiger charge is -2.20. The van der Waals surface area contributed by atoms with Crippen molar-refractivity contribution in [2.75, 3.05) is 0 Å². The molecule has 0 spiro atoms. The van der Waals surface area contributed by atoms with E-state index < -0.39 is 0 Å². The summed E-state index contributed by atoms with van der Waals surface area (Å²) in [6.45, 7) is 0. The highest BCUT2D eigenvalue weighted by Gasteiger charge is 2.23. The highest BCUT2D eigenvalue weighted by molar-refractivity contribution is 6.18. The van der Waals surface area contributed by atoms with Gasteiger partial charge in [-0.25, -0.2) is 0 Å². The van der Waals surface area contributed by atoms with Gasteiger partial charge in [0.2, 0.25) is 0 Å². The summed E-state index contributed by atoms with van der Waals surface area (Å²) in [5.74, 6) is 0. The Hall–Kier alpha value is -7.62. The summed E-state index contributed by atoms with van der Waals surface area (Å²) in [7, 11) is 0. The molecule has 0 bridgehead atoms. The van der Waals surface area contributed by atoms with E-state index in [2.05, 4.69) is 226 Å². The van der Waals surface area contributed by atoms with Crippen molar-refractivity contribution in [3.8, 4) is 39.3 Å². The number of hydrogen-bond acceptors (Lipinski definition) is 0. The van der Waals surface area contributed by atoms with E-state index in [0.29, 0.717) is 0 Å². The van der Waals surface area contributed by atoms with Crippen LogP contribution < -0.4 is 0 Å². The van der Waals surface area contributed by atoms with Crippen LogP contribution in [0.5, 0.6) is 0 Å². The number of aromatic nitrogens is 3. The minimum atomic E-state index is 1.15. The first-order valence-electron chi connectivity index (χ1n) is 19.6. The number of para-hydroxylation sites is 6. The molecule has 0 aliphatic rings. The summed E-state index contributed by atoms with van der Waals surface area (Å²) < 4.78 is 7.35. The molecule has 0 saturated carbocycles. The third-order valence-electron chi connectivity index (χ3n) is 11.8. The van der Waals surface area contributed by atoms with Gasteiger partial charge in [-0.1, -0.05) is 152 Å². The lowest BCUT2D eigenvalue weighted by molar-refractivity contribution is 1.17. The summed E-state index contributed by atoms with van der Waals surface area (Å²) in [5, 5.41) is 7.46. The summed E-state index contributed by atoms with van der Waals surface area (Å²) in [5.41, 5.74) is 15.4. The van der Waals surface area contributed by atoms with Crippen molar-refractivity contribution >= 4 is 65.4 Å². The minimum absolute atomic E-state index is 1.15. The second-order valence-corrected chi connectivity index (χ2v) is 14.9. The van der Waals surface area contributed by atoms with E-state index in [4.69, 9.17) is 0 Å². The van der Waals surface area contributed by atoms with Crippen LogP contribution in [0.4, 0.5) is 0 Å². The first kappa shape index (κ1) is 31.7. The quantitative estimate of drug-likeness (QED) is 0.168. The van der Waals surface area contributed by atoms with Gasteiger partial charge in [0.1, 0.15) is 0 Å². The smallest absolute Gasteiger partial charge is 0.0619 e. The summed E-state index contributed by atoms with van der Waals surface area (Å²) >= 11 is 0. The van der Waals surface area contributed by atoms with E-state index in [1.165, 1.54) is 93.4 Å². The summed E-state index contributed by atoms with van der Waals surface area (Å²) in [6.07, 6.45) is 0. The molecule has 0 aliphatic carbocycles. The van der Waals surface area contributed by atoms with E-state index in [-0.39, 0.29) is 0 Å². The molecule has 0 aliphatic heterocycles. The second-order valence-electron chi connectivity index (χ2n) is 14.9. The predicted octanol–water partition coefficient (Wildman–Crippen LogP) is 14.3. The van der Waals surface area contributed by atoms with Crippen molar-refractivity contribution in [3.63, 3.8) is 0 Å². The van der Waals surface area contributed by atoms with Crippen LogP contribution in [0.1, 0.15) is 0 Å². The van der Waals surface area contributed by atoms with Gasteiger partial charge in [-0.2, -0.15) is 0 Å². The normalized spacial score (nSPS) is 11.9. The van der Waals surface area contributed by atoms with E-state index in [0.717, 1.165) is 11.4 Å². The molecule has 266 valence electrons. The third-order valence-corrected chi connectivity index (χ3v) is 11.8. The van der Waals surface area contributed by atoms with E-state index in [1.807, 2.05) is 0 Å². The maximum absolute atomic E-state index is 2.52. The molecule has 3 heterocycles. The van der Waals surface area contributed by atoms with Crippen molar-refractivity contribution in [2.24, 2.45) is 0 Å². The van der Waals surface area contributed by atoms with Gasteiger partial charge in [0, 0.05) is 54.8 Å². The summed E-state index contributed by atoms with van der Waals surface area (Å²) in [6, 6.07) is 77.5.